The Hall–Kier alpha value is -3.01. The molecule has 0 saturated carbocycles. The number of aromatic nitrogens is 4. The maximum Gasteiger partial charge on any atom is 0.331 e. The Morgan fingerprint density at radius 2 is 2.12 bits per heavy atom. The molecular weight excluding hydrogens is 474 g/mol. The predicted molar refractivity (Wildman–Crippen MR) is 134 cm³/mol. The van der Waals surface area contributed by atoms with E-state index in [1.54, 1.807) is 7.05 Å². The van der Waals surface area contributed by atoms with Crippen LogP contribution < -0.4 is 21.3 Å². The first kappa shape index (κ1) is 22.8. The fourth-order valence-electron chi connectivity index (χ4n) is 4.24. The van der Waals surface area contributed by atoms with Crippen LogP contribution in [0.4, 0.5) is 0 Å². The van der Waals surface area contributed by atoms with E-state index in [4.69, 9.17) is 16.3 Å². The van der Waals surface area contributed by atoms with Gasteiger partial charge in [0.2, 0.25) is 0 Å². The summed E-state index contributed by atoms with van der Waals surface area (Å²) in [5.74, 6) is 0.765. The van der Waals surface area contributed by atoms with Gasteiger partial charge in [0.1, 0.15) is 18.2 Å². The summed E-state index contributed by atoms with van der Waals surface area (Å²) in [6.07, 6.45) is 5.11. The monoisotopic (exact) mass is 497 g/mol. The highest BCUT2D eigenvalue weighted by atomic mass is 35.5. The lowest BCUT2D eigenvalue weighted by Gasteiger charge is -2.26. The molecule has 176 valence electrons. The van der Waals surface area contributed by atoms with Crippen molar-refractivity contribution in [2.24, 2.45) is 7.05 Å². The Kier molecular flexibility index (Phi) is 6.24. The maximum absolute atomic E-state index is 12.5. The SMILES string of the molecule is Cc1cc(Cl)cc(-c2ncnc3cc(Cn4c(=O)ccn(C)c4=O)sc23)c1O[C@H]1CCCNC1. The van der Waals surface area contributed by atoms with Gasteiger partial charge in [0.15, 0.2) is 0 Å². The van der Waals surface area contributed by atoms with E-state index in [2.05, 4.69) is 15.3 Å². The number of hydrogen-bond donors (Lipinski definition) is 1. The number of rotatable bonds is 5. The summed E-state index contributed by atoms with van der Waals surface area (Å²) in [6.45, 7) is 3.95. The molecule has 1 saturated heterocycles. The van der Waals surface area contributed by atoms with Crippen LogP contribution in [-0.2, 0) is 13.6 Å². The number of aryl methyl sites for hydroxylation is 2. The summed E-state index contributed by atoms with van der Waals surface area (Å²) in [6, 6.07) is 7.05. The summed E-state index contributed by atoms with van der Waals surface area (Å²) in [5, 5.41) is 3.99. The molecule has 3 aromatic heterocycles. The molecule has 0 radical (unpaired) electrons. The summed E-state index contributed by atoms with van der Waals surface area (Å²) in [4.78, 5) is 34.6. The summed E-state index contributed by atoms with van der Waals surface area (Å²) < 4.78 is 9.91. The Balaban J connectivity index is 1.59. The molecule has 0 unspecified atom stereocenters. The fraction of sp³-hybridized carbons (Fsp3) is 0.333. The van der Waals surface area contributed by atoms with E-state index in [9.17, 15) is 9.59 Å². The Morgan fingerprint density at radius 3 is 2.91 bits per heavy atom. The van der Waals surface area contributed by atoms with Crippen molar-refractivity contribution in [1.29, 1.82) is 0 Å². The topological polar surface area (TPSA) is 91.0 Å². The minimum atomic E-state index is -0.362. The summed E-state index contributed by atoms with van der Waals surface area (Å²) >= 11 is 7.90. The lowest BCUT2D eigenvalue weighted by atomic mass is 10.0. The van der Waals surface area contributed by atoms with Gasteiger partial charge in [0.05, 0.1) is 22.5 Å². The van der Waals surface area contributed by atoms with Crippen LogP contribution in [-0.4, -0.2) is 38.3 Å². The Morgan fingerprint density at radius 1 is 1.26 bits per heavy atom. The normalized spacial score (nSPS) is 16.1. The first-order valence-electron chi connectivity index (χ1n) is 11.1. The van der Waals surface area contributed by atoms with E-state index in [1.807, 2.05) is 25.1 Å². The number of ether oxygens (including phenoxy) is 1. The second-order valence-corrected chi connectivity index (χ2v) is 10.0. The molecule has 1 fully saturated rings. The van der Waals surface area contributed by atoms with Gasteiger partial charge in [-0.25, -0.2) is 14.8 Å². The zero-order chi connectivity index (χ0) is 23.8. The summed E-state index contributed by atoms with van der Waals surface area (Å²) in [5.41, 5.74) is 2.51. The minimum Gasteiger partial charge on any atom is -0.488 e. The van der Waals surface area contributed by atoms with E-state index in [1.165, 1.54) is 39.1 Å². The van der Waals surface area contributed by atoms with Gasteiger partial charge in [-0.1, -0.05) is 11.6 Å². The van der Waals surface area contributed by atoms with Crippen LogP contribution in [0.3, 0.4) is 0 Å². The number of piperidine rings is 1. The van der Waals surface area contributed by atoms with Gasteiger partial charge in [-0.2, -0.15) is 0 Å². The molecule has 0 amide bonds. The molecule has 1 aliphatic heterocycles. The molecule has 0 aliphatic carbocycles. The van der Waals surface area contributed by atoms with Gasteiger partial charge in [-0.15, -0.1) is 11.3 Å². The van der Waals surface area contributed by atoms with E-state index >= 15 is 0 Å². The van der Waals surface area contributed by atoms with Crippen LogP contribution in [0, 0.1) is 6.92 Å². The fourth-order valence-corrected chi connectivity index (χ4v) is 5.61. The molecule has 5 rings (SSSR count). The molecule has 8 nitrogen and oxygen atoms in total. The van der Waals surface area contributed by atoms with E-state index < -0.39 is 0 Å². The average Bonchev–Trinajstić information content (AvgIpc) is 3.24. The molecule has 1 aliphatic rings. The van der Waals surface area contributed by atoms with Gasteiger partial charge in [-0.3, -0.25) is 9.36 Å². The first-order valence-corrected chi connectivity index (χ1v) is 12.3. The van der Waals surface area contributed by atoms with E-state index in [-0.39, 0.29) is 23.9 Å². The molecule has 34 heavy (non-hydrogen) atoms. The lowest BCUT2D eigenvalue weighted by Crippen LogP contribution is -2.37. The van der Waals surface area contributed by atoms with Crippen LogP contribution in [0.15, 0.2) is 46.4 Å². The quantitative estimate of drug-likeness (QED) is 0.454. The van der Waals surface area contributed by atoms with Crippen molar-refractivity contribution in [2.75, 3.05) is 13.1 Å². The highest BCUT2D eigenvalue weighted by Gasteiger charge is 2.22. The van der Waals surface area contributed by atoms with Crippen molar-refractivity contribution in [1.82, 2.24) is 24.4 Å². The standard InChI is InChI=1S/C24H24ClN5O3S/c1-14-8-15(25)9-18(22(14)33-16-4-3-6-26-11-16)21-23-19(27-13-28-21)10-17(34-23)12-30-20(31)5-7-29(2)24(30)32/h5,7-10,13,16,26H,3-4,6,11-12H2,1-2H3/t16-/m0/s1. The molecule has 0 bridgehead atoms. The van der Waals surface area contributed by atoms with Crippen LogP contribution in [0.25, 0.3) is 21.5 Å². The number of nitrogens with zero attached hydrogens (tertiary/aromatic N) is 4. The van der Waals surface area contributed by atoms with Crippen molar-refractivity contribution in [3.05, 3.63) is 73.1 Å². The zero-order valence-electron chi connectivity index (χ0n) is 18.9. The minimum absolute atomic E-state index is 0.0739. The second kappa shape index (κ2) is 9.32. The number of halogens is 1. The van der Waals surface area contributed by atoms with E-state index in [0.717, 1.165) is 63.6 Å². The third-order valence-electron chi connectivity index (χ3n) is 5.95. The maximum atomic E-state index is 12.5. The van der Waals surface area contributed by atoms with Gasteiger partial charge in [0, 0.05) is 41.3 Å². The highest BCUT2D eigenvalue weighted by molar-refractivity contribution is 7.19. The molecule has 10 heteroatoms. The van der Waals surface area contributed by atoms with Crippen LogP contribution >= 0.6 is 22.9 Å². The van der Waals surface area contributed by atoms with Crippen molar-refractivity contribution >= 4 is 33.2 Å². The number of hydrogen-bond acceptors (Lipinski definition) is 7. The molecule has 1 aromatic carbocycles. The molecule has 4 aromatic rings. The summed E-state index contributed by atoms with van der Waals surface area (Å²) in [7, 11) is 1.62. The second-order valence-electron chi connectivity index (χ2n) is 8.47. The zero-order valence-corrected chi connectivity index (χ0v) is 20.4. The number of benzene rings is 1. The lowest BCUT2D eigenvalue weighted by molar-refractivity contribution is 0.167. The molecule has 1 atom stereocenters. The Labute approximate surface area is 204 Å². The van der Waals surface area contributed by atoms with Crippen LogP contribution in [0.5, 0.6) is 5.75 Å². The molecule has 1 N–H and O–H groups in total. The van der Waals surface area contributed by atoms with Gasteiger partial charge in [-0.05, 0) is 50.1 Å². The largest absolute Gasteiger partial charge is 0.488 e. The average molecular weight is 498 g/mol. The van der Waals surface area contributed by atoms with Crippen molar-refractivity contribution in [3.8, 4) is 17.0 Å². The van der Waals surface area contributed by atoms with Crippen LogP contribution in [0.1, 0.15) is 23.3 Å². The number of nitrogens with one attached hydrogen (secondary N) is 1. The molecule has 4 heterocycles. The smallest absolute Gasteiger partial charge is 0.331 e. The molecular formula is C24H24ClN5O3S. The van der Waals surface area contributed by atoms with Crippen molar-refractivity contribution < 1.29 is 4.74 Å². The predicted octanol–water partition coefficient (Wildman–Crippen LogP) is 3.36. The first-order chi connectivity index (χ1) is 16.4. The third-order valence-corrected chi connectivity index (χ3v) is 7.28. The van der Waals surface area contributed by atoms with Gasteiger partial charge >= 0.3 is 5.69 Å². The number of thiophene rings is 1. The Bertz CT molecular complexity index is 1490. The van der Waals surface area contributed by atoms with E-state index in [0.29, 0.717) is 5.02 Å². The molecule has 0 spiro atoms. The van der Waals surface area contributed by atoms with Crippen molar-refractivity contribution in [2.45, 2.75) is 32.4 Å². The van der Waals surface area contributed by atoms with Gasteiger partial charge in [0.25, 0.3) is 5.56 Å². The third kappa shape index (κ3) is 4.38. The number of fused-ring (bicyclic) bond motifs is 1. The van der Waals surface area contributed by atoms with Crippen molar-refractivity contribution in [3.63, 3.8) is 0 Å². The van der Waals surface area contributed by atoms with Crippen LogP contribution in [0.2, 0.25) is 5.02 Å². The van der Waals surface area contributed by atoms with Gasteiger partial charge < -0.3 is 14.6 Å². The highest BCUT2D eigenvalue weighted by Crippen LogP contribution is 2.40.